The van der Waals surface area contributed by atoms with Crippen molar-refractivity contribution in [2.45, 2.75) is 32.1 Å². The summed E-state index contributed by atoms with van der Waals surface area (Å²) in [5.74, 6) is 1.75. The first-order chi connectivity index (χ1) is 12.9. The van der Waals surface area contributed by atoms with E-state index in [0.29, 0.717) is 28.9 Å². The maximum atomic E-state index is 11.2. The zero-order valence-corrected chi connectivity index (χ0v) is 16.0. The normalized spacial score (nSPS) is 13.6. The monoisotopic (exact) mass is 370 g/mol. The SMILES string of the molecule is Cc1c(Nc2cc(C3CC3)nc(NCCCN(C)C)n2)cccc1[N+](=O)[O-]. The molecule has 0 bridgehead atoms. The van der Waals surface area contributed by atoms with Crippen LogP contribution in [0.25, 0.3) is 0 Å². The molecule has 1 aromatic heterocycles. The predicted octanol–water partition coefficient (Wildman–Crippen LogP) is 3.68. The Morgan fingerprint density at radius 3 is 2.74 bits per heavy atom. The van der Waals surface area contributed by atoms with E-state index in [2.05, 4.69) is 25.5 Å². The third-order valence-corrected chi connectivity index (χ3v) is 4.57. The van der Waals surface area contributed by atoms with Crippen LogP contribution in [0.5, 0.6) is 0 Å². The van der Waals surface area contributed by atoms with Crippen molar-refractivity contribution in [2.24, 2.45) is 0 Å². The zero-order valence-electron chi connectivity index (χ0n) is 16.0. The summed E-state index contributed by atoms with van der Waals surface area (Å²) in [5.41, 5.74) is 2.39. The molecular formula is C19H26N6O2. The lowest BCUT2D eigenvalue weighted by molar-refractivity contribution is -0.385. The molecule has 0 aliphatic heterocycles. The molecule has 1 aliphatic rings. The van der Waals surface area contributed by atoms with E-state index in [1.165, 1.54) is 6.07 Å². The first-order valence-electron chi connectivity index (χ1n) is 9.22. The van der Waals surface area contributed by atoms with Crippen molar-refractivity contribution in [3.05, 3.63) is 45.6 Å². The van der Waals surface area contributed by atoms with E-state index >= 15 is 0 Å². The third-order valence-electron chi connectivity index (χ3n) is 4.57. The summed E-state index contributed by atoms with van der Waals surface area (Å²) in [6, 6.07) is 6.96. The minimum Gasteiger partial charge on any atom is -0.354 e. The van der Waals surface area contributed by atoms with E-state index < -0.39 is 0 Å². The molecular weight excluding hydrogens is 344 g/mol. The molecule has 1 heterocycles. The van der Waals surface area contributed by atoms with Crippen LogP contribution < -0.4 is 10.6 Å². The number of aromatic nitrogens is 2. The number of anilines is 3. The number of hydrogen-bond acceptors (Lipinski definition) is 7. The van der Waals surface area contributed by atoms with Gasteiger partial charge in [-0.1, -0.05) is 6.07 Å². The summed E-state index contributed by atoms with van der Waals surface area (Å²) < 4.78 is 0. The second-order valence-corrected chi connectivity index (χ2v) is 7.19. The highest BCUT2D eigenvalue weighted by atomic mass is 16.6. The minimum absolute atomic E-state index is 0.0958. The van der Waals surface area contributed by atoms with Crippen LogP contribution in [0.4, 0.5) is 23.1 Å². The molecule has 1 aliphatic carbocycles. The lowest BCUT2D eigenvalue weighted by Crippen LogP contribution is -2.17. The Kier molecular flexibility index (Phi) is 5.85. The van der Waals surface area contributed by atoms with Crippen molar-refractivity contribution in [3.8, 4) is 0 Å². The van der Waals surface area contributed by atoms with Crippen LogP contribution in [0.3, 0.4) is 0 Å². The summed E-state index contributed by atoms with van der Waals surface area (Å²) in [6.45, 7) is 3.53. The number of nitrogens with one attached hydrogen (secondary N) is 2. The van der Waals surface area contributed by atoms with E-state index in [4.69, 9.17) is 0 Å². The fourth-order valence-corrected chi connectivity index (χ4v) is 2.89. The Morgan fingerprint density at radius 1 is 1.30 bits per heavy atom. The molecule has 1 aromatic carbocycles. The molecule has 0 amide bonds. The second-order valence-electron chi connectivity index (χ2n) is 7.19. The Morgan fingerprint density at radius 2 is 2.07 bits per heavy atom. The van der Waals surface area contributed by atoms with Crippen LogP contribution >= 0.6 is 0 Å². The third kappa shape index (κ3) is 5.13. The molecule has 27 heavy (non-hydrogen) atoms. The first-order valence-corrected chi connectivity index (χ1v) is 9.22. The number of hydrogen-bond donors (Lipinski definition) is 2. The molecule has 8 nitrogen and oxygen atoms in total. The summed E-state index contributed by atoms with van der Waals surface area (Å²) in [6.07, 6.45) is 3.29. The second kappa shape index (κ2) is 8.30. The molecule has 0 saturated heterocycles. The van der Waals surface area contributed by atoms with Gasteiger partial charge in [-0.05, 0) is 52.9 Å². The quantitative estimate of drug-likeness (QED) is 0.395. The molecule has 0 unspecified atom stereocenters. The van der Waals surface area contributed by atoms with Crippen LogP contribution in [-0.2, 0) is 0 Å². The van der Waals surface area contributed by atoms with Crippen LogP contribution in [0.15, 0.2) is 24.3 Å². The molecule has 8 heteroatoms. The highest BCUT2D eigenvalue weighted by Gasteiger charge is 2.26. The fourth-order valence-electron chi connectivity index (χ4n) is 2.89. The van der Waals surface area contributed by atoms with Gasteiger partial charge in [0, 0.05) is 30.3 Å². The van der Waals surface area contributed by atoms with Gasteiger partial charge >= 0.3 is 0 Å². The molecule has 0 spiro atoms. The van der Waals surface area contributed by atoms with Crippen LogP contribution in [0.1, 0.15) is 36.4 Å². The predicted molar refractivity (Wildman–Crippen MR) is 107 cm³/mol. The van der Waals surface area contributed by atoms with Gasteiger partial charge in [-0.3, -0.25) is 10.1 Å². The number of nitrogens with zero attached hydrogens (tertiary/aromatic N) is 4. The first kappa shape index (κ1) is 19.0. The molecule has 3 rings (SSSR count). The van der Waals surface area contributed by atoms with Crippen molar-refractivity contribution in [1.82, 2.24) is 14.9 Å². The summed E-state index contributed by atoms with van der Waals surface area (Å²) >= 11 is 0. The van der Waals surface area contributed by atoms with Gasteiger partial charge in [0.1, 0.15) is 5.82 Å². The number of rotatable bonds is 9. The maximum Gasteiger partial charge on any atom is 0.274 e. The standard InChI is InChI=1S/C19H26N6O2/c1-13-15(6-4-7-17(13)25(26)27)21-18-12-16(14-8-9-14)22-19(23-18)20-10-5-11-24(2)3/h4,6-7,12,14H,5,8-11H2,1-3H3,(H2,20,21,22,23). The van der Waals surface area contributed by atoms with Crippen molar-refractivity contribution in [1.29, 1.82) is 0 Å². The van der Waals surface area contributed by atoms with Gasteiger partial charge in [-0.25, -0.2) is 4.98 Å². The van der Waals surface area contributed by atoms with Gasteiger partial charge < -0.3 is 15.5 Å². The van der Waals surface area contributed by atoms with E-state index in [9.17, 15) is 10.1 Å². The minimum atomic E-state index is -0.367. The number of nitro groups is 1. The van der Waals surface area contributed by atoms with Crippen molar-refractivity contribution < 1.29 is 4.92 Å². The van der Waals surface area contributed by atoms with E-state index in [1.807, 2.05) is 26.2 Å². The highest BCUT2D eigenvalue weighted by Crippen LogP contribution is 2.40. The van der Waals surface area contributed by atoms with Gasteiger partial charge in [0.25, 0.3) is 5.69 Å². The van der Waals surface area contributed by atoms with E-state index in [1.54, 1.807) is 13.0 Å². The van der Waals surface area contributed by atoms with Gasteiger partial charge in [0.15, 0.2) is 0 Å². The van der Waals surface area contributed by atoms with Gasteiger partial charge in [-0.2, -0.15) is 4.98 Å². The molecule has 0 atom stereocenters. The average Bonchev–Trinajstić information content (AvgIpc) is 3.45. The van der Waals surface area contributed by atoms with Gasteiger partial charge in [-0.15, -0.1) is 0 Å². The molecule has 1 saturated carbocycles. The van der Waals surface area contributed by atoms with E-state index in [-0.39, 0.29) is 10.6 Å². The smallest absolute Gasteiger partial charge is 0.274 e. The number of nitro benzene ring substituents is 1. The van der Waals surface area contributed by atoms with Gasteiger partial charge in [0.2, 0.25) is 5.95 Å². The van der Waals surface area contributed by atoms with Crippen LogP contribution in [0, 0.1) is 17.0 Å². The Balaban J connectivity index is 1.78. The summed E-state index contributed by atoms with van der Waals surface area (Å²) in [7, 11) is 4.10. The topological polar surface area (TPSA) is 96.2 Å². The maximum absolute atomic E-state index is 11.2. The lowest BCUT2D eigenvalue weighted by atomic mass is 10.1. The zero-order chi connectivity index (χ0) is 19.4. The Labute approximate surface area is 159 Å². The molecule has 1 fully saturated rings. The molecule has 2 aromatic rings. The molecule has 2 N–H and O–H groups in total. The number of benzene rings is 1. The Bertz CT molecular complexity index is 820. The van der Waals surface area contributed by atoms with Crippen molar-refractivity contribution in [3.63, 3.8) is 0 Å². The molecule has 0 radical (unpaired) electrons. The fraction of sp³-hybridized carbons (Fsp3) is 0.474. The van der Waals surface area contributed by atoms with Gasteiger partial charge in [0.05, 0.1) is 16.2 Å². The molecule has 144 valence electrons. The average molecular weight is 370 g/mol. The lowest BCUT2D eigenvalue weighted by Gasteiger charge is -2.13. The van der Waals surface area contributed by atoms with Crippen molar-refractivity contribution >= 4 is 23.1 Å². The summed E-state index contributed by atoms with van der Waals surface area (Å²) in [4.78, 5) is 22.1. The van der Waals surface area contributed by atoms with E-state index in [0.717, 1.165) is 38.0 Å². The summed E-state index contributed by atoms with van der Waals surface area (Å²) in [5, 5.41) is 17.7. The largest absolute Gasteiger partial charge is 0.354 e. The van der Waals surface area contributed by atoms with Crippen LogP contribution in [-0.4, -0.2) is 47.0 Å². The highest BCUT2D eigenvalue weighted by molar-refractivity contribution is 5.66. The van der Waals surface area contributed by atoms with Crippen LogP contribution in [0.2, 0.25) is 0 Å². The Hall–Kier alpha value is -2.74. The van der Waals surface area contributed by atoms with Crippen molar-refractivity contribution in [2.75, 3.05) is 37.8 Å².